The molecule has 0 aliphatic rings. The van der Waals surface area contributed by atoms with Crippen LogP contribution in [0, 0.1) is 10.1 Å². The number of aliphatic hydroxyl groups excluding tert-OH is 1. The summed E-state index contributed by atoms with van der Waals surface area (Å²) in [4.78, 5) is 23.7. The van der Waals surface area contributed by atoms with Gasteiger partial charge in [0.2, 0.25) is 5.91 Å². The minimum atomic E-state index is -0.617. The summed E-state index contributed by atoms with van der Waals surface area (Å²) in [5, 5.41) is 22.2. The van der Waals surface area contributed by atoms with Gasteiger partial charge < -0.3 is 10.4 Å². The van der Waals surface area contributed by atoms with E-state index >= 15 is 0 Å². The summed E-state index contributed by atoms with van der Waals surface area (Å²) in [6, 6.07) is 4.03. The number of halogens is 1. The quantitative estimate of drug-likeness (QED) is 0.432. The van der Waals surface area contributed by atoms with Crippen LogP contribution in [0.4, 0.5) is 11.4 Å². The fourth-order valence-corrected chi connectivity index (χ4v) is 1.88. The topological polar surface area (TPSA) is 95.7 Å². The van der Waals surface area contributed by atoms with Gasteiger partial charge in [-0.05, 0) is 12.1 Å². The fourth-order valence-electron chi connectivity index (χ4n) is 1.69. The zero-order valence-corrected chi connectivity index (χ0v) is 12.0. The van der Waals surface area contributed by atoms with Crippen LogP contribution in [0.3, 0.4) is 0 Å². The van der Waals surface area contributed by atoms with Crippen molar-refractivity contribution >= 4 is 28.9 Å². The molecular weight excluding hydrogens is 298 g/mol. The van der Waals surface area contributed by atoms with Crippen molar-refractivity contribution in [3.63, 3.8) is 0 Å². The van der Waals surface area contributed by atoms with Crippen LogP contribution < -0.4 is 5.32 Å². The van der Waals surface area contributed by atoms with Crippen LogP contribution in [0.25, 0.3) is 0 Å². The highest BCUT2D eigenvalue weighted by Crippen LogP contribution is 2.27. The summed E-state index contributed by atoms with van der Waals surface area (Å²) in [7, 11) is 0. The molecule has 0 aliphatic carbocycles. The van der Waals surface area contributed by atoms with Gasteiger partial charge in [-0.2, -0.15) is 0 Å². The maximum Gasteiger partial charge on any atom is 0.289 e. The van der Waals surface area contributed by atoms with Crippen LogP contribution in [0.1, 0.15) is 0 Å². The van der Waals surface area contributed by atoms with Gasteiger partial charge >= 0.3 is 0 Å². The zero-order valence-electron chi connectivity index (χ0n) is 11.3. The Kier molecular flexibility index (Phi) is 6.80. The Morgan fingerprint density at radius 3 is 2.86 bits per heavy atom. The van der Waals surface area contributed by atoms with Gasteiger partial charge in [-0.1, -0.05) is 17.7 Å². The van der Waals surface area contributed by atoms with Gasteiger partial charge in [0, 0.05) is 24.8 Å². The van der Waals surface area contributed by atoms with E-state index in [9.17, 15) is 14.9 Å². The molecular formula is C13H16ClN3O4. The minimum Gasteiger partial charge on any atom is -0.395 e. The van der Waals surface area contributed by atoms with E-state index in [1.165, 1.54) is 18.2 Å². The van der Waals surface area contributed by atoms with E-state index in [1.807, 2.05) is 0 Å². The van der Waals surface area contributed by atoms with Crippen LogP contribution >= 0.6 is 11.6 Å². The lowest BCUT2D eigenvalue weighted by molar-refractivity contribution is -0.384. The van der Waals surface area contributed by atoms with Gasteiger partial charge in [-0.25, -0.2) is 0 Å². The number of anilines is 1. The summed E-state index contributed by atoms with van der Waals surface area (Å²) in [6.07, 6.45) is 1.62. The number of rotatable bonds is 8. The number of benzene rings is 1. The number of nitrogens with zero attached hydrogens (tertiary/aromatic N) is 2. The van der Waals surface area contributed by atoms with Gasteiger partial charge in [0.25, 0.3) is 5.69 Å². The van der Waals surface area contributed by atoms with Crippen molar-refractivity contribution in [2.75, 3.05) is 31.6 Å². The lowest BCUT2D eigenvalue weighted by Crippen LogP contribution is -2.35. The first kappa shape index (κ1) is 17.1. The third-order valence-corrected chi connectivity index (χ3v) is 2.92. The van der Waals surface area contributed by atoms with E-state index in [0.29, 0.717) is 18.8 Å². The van der Waals surface area contributed by atoms with Gasteiger partial charge in [0.15, 0.2) is 0 Å². The Morgan fingerprint density at radius 2 is 2.29 bits per heavy atom. The van der Waals surface area contributed by atoms with Gasteiger partial charge in [-0.3, -0.25) is 19.8 Å². The van der Waals surface area contributed by atoms with Crippen LogP contribution in [-0.4, -0.2) is 47.1 Å². The first-order valence-corrected chi connectivity index (χ1v) is 6.53. The van der Waals surface area contributed by atoms with Crippen molar-refractivity contribution in [2.45, 2.75) is 0 Å². The third kappa shape index (κ3) is 5.50. The maximum absolute atomic E-state index is 11.9. The van der Waals surface area contributed by atoms with E-state index in [2.05, 4.69) is 11.9 Å². The molecule has 0 fully saturated rings. The number of amides is 1. The normalized spacial score (nSPS) is 10.4. The molecule has 1 aromatic carbocycles. The minimum absolute atomic E-state index is 0.00608. The molecule has 0 spiro atoms. The number of aliphatic hydroxyl groups is 1. The second kappa shape index (κ2) is 8.35. The SMILES string of the molecule is C=CCN(CCO)CC(=O)Nc1ccc(Cl)c([N+](=O)[O-])c1. The van der Waals surface area contributed by atoms with Crippen molar-refractivity contribution < 1.29 is 14.8 Å². The average Bonchev–Trinajstić information content (AvgIpc) is 2.41. The second-order valence-electron chi connectivity index (χ2n) is 4.22. The number of hydrogen-bond donors (Lipinski definition) is 2. The predicted octanol–water partition coefficient (Wildman–Crippen LogP) is 1.67. The molecule has 0 aliphatic heterocycles. The van der Waals surface area contributed by atoms with E-state index < -0.39 is 4.92 Å². The summed E-state index contributed by atoms with van der Waals surface area (Å²) in [6.45, 7) is 4.33. The number of nitro groups is 1. The molecule has 0 saturated carbocycles. The molecule has 1 rings (SSSR count). The molecule has 0 heterocycles. The summed E-state index contributed by atoms with van der Waals surface area (Å²) < 4.78 is 0. The molecule has 0 aromatic heterocycles. The number of carbonyl (C=O) groups excluding carboxylic acids is 1. The first-order valence-electron chi connectivity index (χ1n) is 6.15. The summed E-state index contributed by atoms with van der Waals surface area (Å²) in [5.41, 5.74) is 0.0198. The Hall–Kier alpha value is -1.96. The van der Waals surface area contributed by atoms with Gasteiger partial charge in [0.05, 0.1) is 18.1 Å². The molecule has 114 valence electrons. The van der Waals surface area contributed by atoms with Gasteiger partial charge in [0.1, 0.15) is 5.02 Å². The van der Waals surface area contributed by atoms with Crippen LogP contribution in [0.2, 0.25) is 5.02 Å². The van der Waals surface area contributed by atoms with Crippen molar-refractivity contribution in [2.24, 2.45) is 0 Å². The van der Waals surface area contributed by atoms with Crippen molar-refractivity contribution in [1.82, 2.24) is 4.90 Å². The number of nitrogens with one attached hydrogen (secondary N) is 1. The Bertz CT molecular complexity index is 536. The molecule has 0 radical (unpaired) electrons. The zero-order chi connectivity index (χ0) is 15.8. The molecule has 1 aromatic rings. The molecule has 1 amide bonds. The third-order valence-electron chi connectivity index (χ3n) is 2.60. The molecule has 21 heavy (non-hydrogen) atoms. The van der Waals surface area contributed by atoms with Crippen LogP contribution in [0.5, 0.6) is 0 Å². The highest BCUT2D eigenvalue weighted by atomic mass is 35.5. The number of carbonyl (C=O) groups is 1. The second-order valence-corrected chi connectivity index (χ2v) is 4.63. The van der Waals surface area contributed by atoms with E-state index in [-0.39, 0.29) is 29.8 Å². The standard InChI is InChI=1S/C13H16ClN3O4/c1-2-5-16(6-7-18)9-13(19)15-10-3-4-11(14)12(8-10)17(20)21/h2-4,8,18H,1,5-7,9H2,(H,15,19). The smallest absolute Gasteiger partial charge is 0.289 e. The summed E-state index contributed by atoms with van der Waals surface area (Å²) in [5.74, 6) is -0.345. The average molecular weight is 314 g/mol. The van der Waals surface area contributed by atoms with E-state index in [0.717, 1.165) is 0 Å². The van der Waals surface area contributed by atoms with Crippen molar-refractivity contribution in [3.05, 3.63) is 46.0 Å². The molecule has 2 N–H and O–H groups in total. The largest absolute Gasteiger partial charge is 0.395 e. The monoisotopic (exact) mass is 313 g/mol. The number of nitro benzene ring substituents is 1. The predicted molar refractivity (Wildman–Crippen MR) is 80.5 cm³/mol. The molecule has 7 nitrogen and oxygen atoms in total. The molecule has 0 bridgehead atoms. The Labute approximate surface area is 127 Å². The highest BCUT2D eigenvalue weighted by Gasteiger charge is 2.15. The molecule has 0 saturated heterocycles. The van der Waals surface area contributed by atoms with Crippen molar-refractivity contribution in [1.29, 1.82) is 0 Å². The van der Waals surface area contributed by atoms with E-state index in [1.54, 1.807) is 11.0 Å². The van der Waals surface area contributed by atoms with Crippen molar-refractivity contribution in [3.8, 4) is 0 Å². The highest BCUT2D eigenvalue weighted by molar-refractivity contribution is 6.32. The lowest BCUT2D eigenvalue weighted by atomic mass is 10.2. The van der Waals surface area contributed by atoms with Crippen LogP contribution in [-0.2, 0) is 4.79 Å². The molecule has 0 unspecified atom stereocenters. The van der Waals surface area contributed by atoms with Crippen LogP contribution in [0.15, 0.2) is 30.9 Å². The fraction of sp³-hybridized carbons (Fsp3) is 0.308. The van der Waals surface area contributed by atoms with Gasteiger partial charge in [-0.15, -0.1) is 6.58 Å². The summed E-state index contributed by atoms with van der Waals surface area (Å²) >= 11 is 5.69. The Balaban J connectivity index is 2.72. The first-order chi connectivity index (χ1) is 9.97. The number of hydrogen-bond acceptors (Lipinski definition) is 5. The maximum atomic E-state index is 11.9. The lowest BCUT2D eigenvalue weighted by Gasteiger charge is -2.18. The van der Waals surface area contributed by atoms with E-state index in [4.69, 9.17) is 16.7 Å². The Morgan fingerprint density at radius 1 is 1.57 bits per heavy atom. The molecule has 0 atom stereocenters. The molecule has 8 heteroatoms.